The summed E-state index contributed by atoms with van der Waals surface area (Å²) < 4.78 is 19.9. The van der Waals surface area contributed by atoms with Gasteiger partial charge in [0, 0.05) is 24.8 Å². The van der Waals surface area contributed by atoms with E-state index in [9.17, 15) is 4.21 Å². The van der Waals surface area contributed by atoms with Gasteiger partial charge in [0.15, 0.2) is 0 Å². The van der Waals surface area contributed by atoms with E-state index >= 15 is 0 Å². The van der Waals surface area contributed by atoms with Gasteiger partial charge in [-0.2, -0.15) is 0 Å². The second-order valence-corrected chi connectivity index (χ2v) is 7.20. The van der Waals surface area contributed by atoms with E-state index in [2.05, 4.69) is 16.2 Å². The maximum atomic E-state index is 12.7. The van der Waals surface area contributed by atoms with Crippen molar-refractivity contribution >= 4 is 11.0 Å². The average molecular weight is 280 g/mol. The van der Waals surface area contributed by atoms with Crippen LogP contribution >= 0.6 is 0 Å². The number of methoxy groups -OCH3 is 1. The first kappa shape index (κ1) is 13.1. The third-order valence-corrected chi connectivity index (χ3v) is 6.03. The zero-order valence-electron chi connectivity index (χ0n) is 11.5. The van der Waals surface area contributed by atoms with Crippen molar-refractivity contribution in [2.75, 3.05) is 13.7 Å². The van der Waals surface area contributed by atoms with Gasteiger partial charge in [-0.05, 0) is 37.7 Å². The van der Waals surface area contributed by atoms with E-state index in [1.165, 1.54) is 25.7 Å². The molecule has 1 aliphatic carbocycles. The lowest BCUT2D eigenvalue weighted by Crippen LogP contribution is -2.34. The molecule has 1 aromatic heterocycles. The van der Waals surface area contributed by atoms with Gasteiger partial charge < -0.3 is 4.74 Å². The quantitative estimate of drug-likeness (QED) is 0.853. The lowest BCUT2D eigenvalue weighted by atomic mass is 9.68. The third-order valence-electron chi connectivity index (χ3n) is 4.46. The van der Waals surface area contributed by atoms with Crippen LogP contribution in [0.25, 0.3) is 0 Å². The Morgan fingerprint density at radius 1 is 1.53 bits per heavy atom. The summed E-state index contributed by atoms with van der Waals surface area (Å²) in [6.45, 7) is 3.15. The van der Waals surface area contributed by atoms with E-state index in [1.54, 1.807) is 19.4 Å². The molecule has 1 spiro atoms. The summed E-state index contributed by atoms with van der Waals surface area (Å²) >= 11 is 0. The second-order valence-electron chi connectivity index (χ2n) is 5.76. The van der Waals surface area contributed by atoms with Crippen LogP contribution < -0.4 is 4.74 Å². The van der Waals surface area contributed by atoms with Crippen LogP contribution in [-0.4, -0.2) is 33.2 Å². The number of ether oxygens (including phenoxy) is 1. The van der Waals surface area contributed by atoms with Crippen molar-refractivity contribution in [3.05, 3.63) is 18.3 Å². The zero-order chi connectivity index (χ0) is 13.5. The second kappa shape index (κ2) is 4.87. The summed E-state index contributed by atoms with van der Waals surface area (Å²) in [5, 5.41) is 0. The Morgan fingerprint density at radius 3 is 2.89 bits per heavy atom. The first-order chi connectivity index (χ1) is 9.13. The molecule has 0 aromatic carbocycles. The molecule has 0 radical (unpaired) electrons. The third kappa shape index (κ3) is 2.30. The van der Waals surface area contributed by atoms with Gasteiger partial charge in [0.05, 0.1) is 12.0 Å². The lowest BCUT2D eigenvalue weighted by molar-refractivity contribution is 0.153. The van der Waals surface area contributed by atoms with E-state index in [-0.39, 0.29) is 0 Å². The topological polar surface area (TPSA) is 42.4 Å². The molecule has 2 aliphatic rings. The molecular weight excluding hydrogens is 260 g/mol. The fourth-order valence-corrected chi connectivity index (χ4v) is 4.73. The molecular formula is C14H20N2O2S. The summed E-state index contributed by atoms with van der Waals surface area (Å²) in [5.41, 5.74) is 0.451. The van der Waals surface area contributed by atoms with Crippen LogP contribution in [0.1, 0.15) is 32.6 Å². The summed E-state index contributed by atoms with van der Waals surface area (Å²) in [7, 11) is 0.479. The molecule has 19 heavy (non-hydrogen) atoms. The SMILES string of the molecule is COc1cc(S(=O)N2CC3(CCC3)CC2C)ccn1. The van der Waals surface area contributed by atoms with E-state index in [1.807, 2.05) is 6.07 Å². The van der Waals surface area contributed by atoms with Crippen LogP contribution in [0.2, 0.25) is 0 Å². The van der Waals surface area contributed by atoms with Gasteiger partial charge in [-0.1, -0.05) is 6.42 Å². The normalized spacial score (nSPS) is 27.2. The van der Waals surface area contributed by atoms with Gasteiger partial charge in [0.2, 0.25) is 5.88 Å². The Kier molecular flexibility index (Phi) is 3.35. The highest BCUT2D eigenvalue weighted by Crippen LogP contribution is 2.50. The van der Waals surface area contributed by atoms with Gasteiger partial charge in [-0.3, -0.25) is 0 Å². The molecule has 5 heteroatoms. The fraction of sp³-hybridized carbons (Fsp3) is 0.643. The van der Waals surface area contributed by atoms with Crippen molar-refractivity contribution in [2.45, 2.75) is 43.5 Å². The van der Waals surface area contributed by atoms with Crippen molar-refractivity contribution in [3.63, 3.8) is 0 Å². The number of rotatable bonds is 3. The highest BCUT2D eigenvalue weighted by atomic mass is 32.2. The molecule has 2 unspecified atom stereocenters. The van der Waals surface area contributed by atoms with E-state index < -0.39 is 11.0 Å². The largest absolute Gasteiger partial charge is 0.481 e. The maximum Gasteiger partial charge on any atom is 0.214 e. The molecule has 4 nitrogen and oxygen atoms in total. The molecule has 1 saturated heterocycles. The summed E-state index contributed by atoms with van der Waals surface area (Å²) in [6.07, 6.45) is 6.76. The molecule has 1 saturated carbocycles. The minimum Gasteiger partial charge on any atom is -0.481 e. The highest BCUT2D eigenvalue weighted by molar-refractivity contribution is 7.82. The zero-order valence-corrected chi connectivity index (χ0v) is 12.3. The number of hydrogen-bond acceptors (Lipinski definition) is 3. The molecule has 2 atom stereocenters. The van der Waals surface area contributed by atoms with Crippen molar-refractivity contribution in [1.82, 2.24) is 9.29 Å². The molecule has 0 N–H and O–H groups in total. The lowest BCUT2D eigenvalue weighted by Gasteiger charge is -2.38. The maximum absolute atomic E-state index is 12.7. The Labute approximate surface area is 116 Å². The smallest absolute Gasteiger partial charge is 0.214 e. The van der Waals surface area contributed by atoms with Crippen LogP contribution in [0.4, 0.5) is 0 Å². The van der Waals surface area contributed by atoms with Crippen LogP contribution in [0, 0.1) is 5.41 Å². The number of aromatic nitrogens is 1. The molecule has 2 heterocycles. The van der Waals surface area contributed by atoms with Crippen LogP contribution in [0.5, 0.6) is 5.88 Å². The van der Waals surface area contributed by atoms with Crippen LogP contribution in [0.15, 0.2) is 23.2 Å². The van der Waals surface area contributed by atoms with E-state index in [0.717, 1.165) is 11.4 Å². The standard InChI is InChI=1S/C14H20N2O2S/c1-11-9-14(5-3-6-14)10-16(11)19(17)12-4-7-15-13(8-12)18-2/h4,7-8,11H,3,5-6,9-10H2,1-2H3. The first-order valence-corrected chi connectivity index (χ1v) is 7.93. The molecule has 3 rings (SSSR count). The van der Waals surface area contributed by atoms with E-state index in [0.29, 0.717) is 17.3 Å². The highest BCUT2D eigenvalue weighted by Gasteiger charge is 2.47. The Morgan fingerprint density at radius 2 is 2.32 bits per heavy atom. The average Bonchev–Trinajstić information content (AvgIpc) is 2.76. The number of pyridine rings is 1. The van der Waals surface area contributed by atoms with Gasteiger partial charge in [-0.15, -0.1) is 0 Å². The summed E-state index contributed by atoms with van der Waals surface area (Å²) in [6, 6.07) is 3.98. The molecule has 0 amide bonds. The molecule has 2 fully saturated rings. The van der Waals surface area contributed by atoms with Gasteiger partial charge in [-0.25, -0.2) is 13.5 Å². The number of nitrogens with zero attached hydrogens (tertiary/aromatic N) is 2. The predicted octanol–water partition coefficient (Wildman–Crippen LogP) is 2.38. The van der Waals surface area contributed by atoms with Crippen LogP contribution in [-0.2, 0) is 11.0 Å². The Hall–Kier alpha value is -0.940. The van der Waals surface area contributed by atoms with E-state index in [4.69, 9.17) is 4.74 Å². The fourth-order valence-electron chi connectivity index (χ4n) is 3.29. The van der Waals surface area contributed by atoms with Crippen molar-refractivity contribution in [1.29, 1.82) is 0 Å². The molecule has 1 aliphatic heterocycles. The van der Waals surface area contributed by atoms with Crippen molar-refractivity contribution in [2.24, 2.45) is 5.41 Å². The minimum absolute atomic E-state index is 0.389. The van der Waals surface area contributed by atoms with Gasteiger partial charge in [0.1, 0.15) is 11.0 Å². The molecule has 104 valence electrons. The van der Waals surface area contributed by atoms with Crippen molar-refractivity contribution in [3.8, 4) is 5.88 Å². The first-order valence-electron chi connectivity index (χ1n) is 6.82. The van der Waals surface area contributed by atoms with Gasteiger partial charge >= 0.3 is 0 Å². The summed E-state index contributed by atoms with van der Waals surface area (Å²) in [5.74, 6) is 0.524. The predicted molar refractivity (Wildman–Crippen MR) is 74.3 cm³/mol. The van der Waals surface area contributed by atoms with Gasteiger partial charge in [0.25, 0.3) is 0 Å². The Balaban J connectivity index is 1.79. The molecule has 1 aromatic rings. The van der Waals surface area contributed by atoms with Crippen LogP contribution in [0.3, 0.4) is 0 Å². The van der Waals surface area contributed by atoms with Crippen molar-refractivity contribution < 1.29 is 8.95 Å². The number of hydrogen-bond donors (Lipinski definition) is 0. The summed E-state index contributed by atoms with van der Waals surface area (Å²) in [4.78, 5) is 4.85. The minimum atomic E-state index is -1.10. The molecule has 0 bridgehead atoms. The monoisotopic (exact) mass is 280 g/mol. The Bertz CT molecular complexity index is 502.